The highest BCUT2D eigenvalue weighted by atomic mass is 32.2. The molecule has 0 fully saturated rings. The number of benzene rings is 1. The van der Waals surface area contributed by atoms with Crippen LogP contribution in [0.25, 0.3) is 0 Å². The van der Waals surface area contributed by atoms with Crippen molar-refractivity contribution in [1.82, 2.24) is 4.90 Å². The molecule has 1 aromatic rings. The summed E-state index contributed by atoms with van der Waals surface area (Å²) in [6.45, 7) is 0.261. The van der Waals surface area contributed by atoms with E-state index in [1.165, 1.54) is 35.8 Å². The zero-order valence-electron chi connectivity index (χ0n) is 11.3. The highest BCUT2D eigenvalue weighted by Gasteiger charge is 2.20. The Labute approximate surface area is 116 Å². The number of carbonyl (C=O) groups is 1. The van der Waals surface area contributed by atoms with Crippen LogP contribution in [0.5, 0.6) is 0 Å². The lowest BCUT2D eigenvalue weighted by atomic mass is 10.1. The summed E-state index contributed by atoms with van der Waals surface area (Å²) < 4.78 is 13.7. The molecule has 104 valence electrons. The third-order valence-electron chi connectivity index (χ3n) is 2.57. The smallest absolute Gasteiger partial charge is 0.232 e. The maximum Gasteiger partial charge on any atom is 0.232 e. The van der Waals surface area contributed by atoms with E-state index in [0.717, 1.165) is 10.3 Å². The normalized spacial score (nSPS) is 12.0. The van der Waals surface area contributed by atoms with Gasteiger partial charge in [0.2, 0.25) is 12.5 Å². The molecule has 1 rings (SSSR count). The molecule has 0 bridgehead atoms. The number of nitrogens with zero attached hydrogens (tertiary/aromatic N) is 2. The lowest BCUT2D eigenvalue weighted by Gasteiger charge is -2.14. The van der Waals surface area contributed by atoms with Crippen LogP contribution in [-0.2, 0) is 4.79 Å². The predicted molar refractivity (Wildman–Crippen MR) is 74.7 cm³/mol. The molecule has 1 amide bonds. The molecule has 0 aliphatic rings. The second-order valence-corrected chi connectivity index (χ2v) is 5.64. The SMILES string of the molecule is CN(C)C(=O)CSC(C[N+](C)=O)c1ccc(F)cc1. The Hall–Kier alpha value is -1.43. The zero-order valence-corrected chi connectivity index (χ0v) is 12.1. The Morgan fingerprint density at radius 1 is 1.37 bits per heavy atom. The molecular weight excluding hydrogens is 267 g/mol. The molecule has 0 spiro atoms. The molecule has 0 aliphatic heterocycles. The van der Waals surface area contributed by atoms with Gasteiger partial charge in [-0.3, -0.25) is 4.79 Å². The summed E-state index contributed by atoms with van der Waals surface area (Å²) in [5.41, 5.74) is 0.848. The van der Waals surface area contributed by atoms with Crippen LogP contribution in [0.3, 0.4) is 0 Å². The van der Waals surface area contributed by atoms with Gasteiger partial charge in [-0.25, -0.2) is 4.39 Å². The van der Waals surface area contributed by atoms with Crippen LogP contribution >= 0.6 is 11.8 Å². The number of amides is 1. The average molecular weight is 285 g/mol. The number of halogens is 1. The molecule has 6 heteroatoms. The van der Waals surface area contributed by atoms with E-state index in [9.17, 15) is 14.1 Å². The average Bonchev–Trinajstić information content (AvgIpc) is 2.34. The van der Waals surface area contributed by atoms with Crippen LogP contribution in [0.15, 0.2) is 24.3 Å². The van der Waals surface area contributed by atoms with E-state index in [-0.39, 0.29) is 23.5 Å². The fourth-order valence-electron chi connectivity index (χ4n) is 1.47. The molecule has 1 unspecified atom stereocenters. The van der Waals surface area contributed by atoms with Crippen LogP contribution in [0.2, 0.25) is 0 Å². The number of rotatable bonds is 6. The van der Waals surface area contributed by atoms with Gasteiger partial charge < -0.3 is 4.90 Å². The molecule has 0 aliphatic carbocycles. The molecule has 0 N–H and O–H groups in total. The van der Waals surface area contributed by atoms with Crippen LogP contribution in [0.1, 0.15) is 10.8 Å². The summed E-state index contributed by atoms with van der Waals surface area (Å²) in [5, 5.41) is -0.146. The van der Waals surface area contributed by atoms with Crippen molar-refractivity contribution in [2.24, 2.45) is 0 Å². The number of hydrogen-bond donors (Lipinski definition) is 0. The Kier molecular flexibility index (Phi) is 5.95. The van der Waals surface area contributed by atoms with Crippen LogP contribution < -0.4 is 0 Å². The van der Waals surface area contributed by atoms with Gasteiger partial charge in [0, 0.05) is 19.0 Å². The fourth-order valence-corrected chi connectivity index (χ4v) is 2.73. The second-order valence-electron chi connectivity index (χ2n) is 4.45. The number of nitroso groups, excluding NO2 is 1. The van der Waals surface area contributed by atoms with Crippen molar-refractivity contribution in [3.63, 3.8) is 0 Å². The lowest BCUT2D eigenvalue weighted by Crippen LogP contribution is -2.24. The molecule has 0 radical (unpaired) electrons. The van der Waals surface area contributed by atoms with Crippen LogP contribution in [-0.4, -0.2) is 49.0 Å². The quantitative estimate of drug-likeness (QED) is 0.752. The monoisotopic (exact) mass is 285 g/mol. The Morgan fingerprint density at radius 3 is 2.42 bits per heavy atom. The molecule has 0 heterocycles. The van der Waals surface area contributed by atoms with Gasteiger partial charge in [0.1, 0.15) is 5.82 Å². The minimum Gasteiger partial charge on any atom is -0.348 e. The largest absolute Gasteiger partial charge is 0.348 e. The lowest BCUT2D eigenvalue weighted by molar-refractivity contribution is -0.518. The summed E-state index contributed by atoms with van der Waals surface area (Å²) in [4.78, 5) is 24.3. The van der Waals surface area contributed by atoms with E-state index in [1.54, 1.807) is 26.2 Å². The van der Waals surface area contributed by atoms with E-state index in [2.05, 4.69) is 0 Å². The maximum absolute atomic E-state index is 12.9. The van der Waals surface area contributed by atoms with Crippen molar-refractivity contribution < 1.29 is 13.9 Å². The highest BCUT2D eigenvalue weighted by Crippen LogP contribution is 2.29. The summed E-state index contributed by atoms with van der Waals surface area (Å²) in [6.07, 6.45) is 0. The molecule has 1 aromatic carbocycles. The Bertz CT molecular complexity index is 448. The molecular formula is C13H18FN2O2S+. The summed E-state index contributed by atoms with van der Waals surface area (Å²) >= 11 is 1.39. The van der Waals surface area contributed by atoms with Crippen molar-refractivity contribution in [3.8, 4) is 0 Å². The predicted octanol–water partition coefficient (Wildman–Crippen LogP) is 2.10. The van der Waals surface area contributed by atoms with Gasteiger partial charge in [0.25, 0.3) is 0 Å². The molecule has 1 atom stereocenters. The highest BCUT2D eigenvalue weighted by molar-refractivity contribution is 8.00. The van der Waals surface area contributed by atoms with Gasteiger partial charge >= 0.3 is 0 Å². The third-order valence-corrected chi connectivity index (χ3v) is 3.81. The Morgan fingerprint density at radius 2 is 1.95 bits per heavy atom. The third kappa shape index (κ3) is 5.38. The fraction of sp³-hybridized carbons (Fsp3) is 0.462. The van der Waals surface area contributed by atoms with E-state index < -0.39 is 0 Å². The molecule has 0 aromatic heterocycles. The van der Waals surface area contributed by atoms with Crippen molar-refractivity contribution in [2.75, 3.05) is 33.4 Å². The minimum absolute atomic E-state index is 0.00864. The molecule has 0 saturated heterocycles. The number of thioether (sulfide) groups is 1. The van der Waals surface area contributed by atoms with E-state index in [4.69, 9.17) is 0 Å². The van der Waals surface area contributed by atoms with Crippen molar-refractivity contribution in [2.45, 2.75) is 5.25 Å². The first kappa shape index (κ1) is 15.6. The first-order valence-electron chi connectivity index (χ1n) is 5.85. The standard InChI is InChI=1S/C13H18FN2O2S/c1-15(2)13(17)9-19-12(8-16(3)18)10-4-6-11(14)7-5-10/h4-7,12H,8-9H2,1-3H3/q+1. The van der Waals surface area contributed by atoms with Crippen molar-refractivity contribution in [1.29, 1.82) is 0 Å². The minimum atomic E-state index is -0.313. The second kappa shape index (κ2) is 7.23. The first-order valence-corrected chi connectivity index (χ1v) is 6.90. The van der Waals surface area contributed by atoms with E-state index in [0.29, 0.717) is 5.75 Å². The summed E-state index contributed by atoms with van der Waals surface area (Å²) in [5.74, 6) is -0.0268. The Balaban J connectivity index is 2.74. The molecule has 19 heavy (non-hydrogen) atoms. The molecule has 0 saturated carbocycles. The topological polar surface area (TPSA) is 40.4 Å². The van der Waals surface area contributed by atoms with Crippen molar-refractivity contribution in [3.05, 3.63) is 40.6 Å². The number of hydrogen-bond acceptors (Lipinski definition) is 3. The zero-order chi connectivity index (χ0) is 14.4. The van der Waals surface area contributed by atoms with E-state index in [1.807, 2.05) is 0 Å². The maximum atomic E-state index is 12.9. The van der Waals surface area contributed by atoms with Crippen molar-refractivity contribution >= 4 is 17.7 Å². The first-order chi connectivity index (χ1) is 8.90. The number of carbonyl (C=O) groups excluding carboxylic acids is 1. The van der Waals surface area contributed by atoms with Gasteiger partial charge in [-0.2, -0.15) is 0 Å². The molecule has 4 nitrogen and oxygen atoms in total. The summed E-state index contributed by atoms with van der Waals surface area (Å²) in [7, 11) is 4.82. The summed E-state index contributed by atoms with van der Waals surface area (Å²) in [6, 6.07) is 6.02. The van der Waals surface area contributed by atoms with Crippen LogP contribution in [0, 0.1) is 10.7 Å². The van der Waals surface area contributed by atoms with Gasteiger partial charge in [-0.1, -0.05) is 12.1 Å². The van der Waals surface area contributed by atoms with Gasteiger partial charge in [-0.05, 0) is 22.5 Å². The van der Waals surface area contributed by atoms with Crippen LogP contribution in [0.4, 0.5) is 4.39 Å². The van der Waals surface area contributed by atoms with Gasteiger partial charge in [0.05, 0.1) is 11.0 Å². The van der Waals surface area contributed by atoms with Gasteiger partial charge in [0.15, 0.2) is 7.05 Å². The van der Waals surface area contributed by atoms with Gasteiger partial charge in [-0.15, -0.1) is 11.8 Å². The van der Waals surface area contributed by atoms with E-state index >= 15 is 0 Å². The number of likely N-dealkylation sites (N-methyl/N-ethyl adjacent to an activating group) is 1.